The highest BCUT2D eigenvalue weighted by molar-refractivity contribution is 5.93. The fourth-order valence-corrected chi connectivity index (χ4v) is 1.41. The average Bonchev–Trinajstić information content (AvgIpc) is 2.35. The Hall–Kier alpha value is -1.69. The van der Waals surface area contributed by atoms with Gasteiger partial charge in [0, 0.05) is 12.8 Å². The molecular weight excluding hydrogens is 222 g/mol. The van der Waals surface area contributed by atoms with Gasteiger partial charge < -0.3 is 15.2 Å². The number of rotatable bonds is 5. The Labute approximate surface area is 100 Å². The van der Waals surface area contributed by atoms with Gasteiger partial charge in [0.2, 0.25) is 0 Å². The molecule has 6 heteroatoms. The molecule has 0 aliphatic carbocycles. The summed E-state index contributed by atoms with van der Waals surface area (Å²) < 4.78 is 10.0. The van der Waals surface area contributed by atoms with Crippen LogP contribution >= 0.6 is 0 Å². The van der Waals surface area contributed by atoms with Gasteiger partial charge in [-0.25, -0.2) is 14.8 Å². The predicted molar refractivity (Wildman–Crippen MR) is 62.4 cm³/mol. The summed E-state index contributed by atoms with van der Waals surface area (Å²) in [6, 6.07) is 0. The van der Waals surface area contributed by atoms with Crippen LogP contribution in [0.25, 0.3) is 0 Å². The summed E-state index contributed by atoms with van der Waals surface area (Å²) in [7, 11) is 1.28. The number of hydrogen-bond donors (Lipinski definition) is 1. The molecule has 1 aromatic rings. The molecule has 0 bridgehead atoms. The molecule has 0 aromatic carbocycles. The van der Waals surface area contributed by atoms with Gasteiger partial charge in [-0.1, -0.05) is 6.92 Å². The van der Waals surface area contributed by atoms with Gasteiger partial charge in [-0.2, -0.15) is 0 Å². The van der Waals surface area contributed by atoms with Crippen molar-refractivity contribution in [3.05, 3.63) is 17.6 Å². The Morgan fingerprint density at radius 1 is 1.53 bits per heavy atom. The quantitative estimate of drug-likeness (QED) is 0.780. The van der Waals surface area contributed by atoms with Crippen LogP contribution in [0.15, 0.2) is 6.20 Å². The van der Waals surface area contributed by atoms with Gasteiger partial charge in [0.15, 0.2) is 5.82 Å². The second-order valence-electron chi connectivity index (χ2n) is 3.37. The molecule has 6 nitrogen and oxygen atoms in total. The molecule has 1 aromatic heterocycles. The molecule has 2 N–H and O–H groups in total. The van der Waals surface area contributed by atoms with E-state index < -0.39 is 5.97 Å². The summed E-state index contributed by atoms with van der Waals surface area (Å²) in [4.78, 5) is 19.5. The first kappa shape index (κ1) is 13.4. The second kappa shape index (κ2) is 6.15. The van der Waals surface area contributed by atoms with Crippen molar-refractivity contribution in [2.75, 3.05) is 19.5 Å². The van der Waals surface area contributed by atoms with Crippen molar-refractivity contribution < 1.29 is 14.3 Å². The van der Waals surface area contributed by atoms with Crippen molar-refractivity contribution in [2.24, 2.45) is 0 Å². The number of ether oxygens (including phenoxy) is 2. The third-order valence-corrected chi connectivity index (χ3v) is 2.27. The smallest absolute Gasteiger partial charge is 0.343 e. The van der Waals surface area contributed by atoms with Crippen LogP contribution in [0.5, 0.6) is 0 Å². The van der Waals surface area contributed by atoms with Crippen molar-refractivity contribution in [1.29, 1.82) is 0 Å². The summed E-state index contributed by atoms with van der Waals surface area (Å²) in [6.07, 6.45) is 1.91. The molecule has 0 fully saturated rings. The fourth-order valence-electron chi connectivity index (χ4n) is 1.41. The van der Waals surface area contributed by atoms with Crippen molar-refractivity contribution in [2.45, 2.75) is 26.4 Å². The number of nitrogens with zero attached hydrogens (tertiary/aromatic N) is 2. The standard InChI is InChI=1S/C11H17N3O3/c1-4-8(17-5-2)10-13-6-7(9(12)14-10)11(15)16-3/h6,8H,4-5H2,1-3H3,(H2,12,13,14). The third kappa shape index (κ3) is 3.13. The summed E-state index contributed by atoms with van der Waals surface area (Å²) in [5.41, 5.74) is 5.85. The molecule has 0 radical (unpaired) electrons. The van der Waals surface area contributed by atoms with E-state index in [2.05, 4.69) is 14.7 Å². The average molecular weight is 239 g/mol. The van der Waals surface area contributed by atoms with Crippen LogP contribution in [0.2, 0.25) is 0 Å². The van der Waals surface area contributed by atoms with Crippen LogP contribution < -0.4 is 5.73 Å². The molecular formula is C11H17N3O3. The van der Waals surface area contributed by atoms with Crippen LogP contribution in [0.4, 0.5) is 5.82 Å². The van der Waals surface area contributed by atoms with E-state index in [1.807, 2.05) is 13.8 Å². The number of carbonyl (C=O) groups excluding carboxylic acids is 1. The molecule has 17 heavy (non-hydrogen) atoms. The molecule has 1 heterocycles. The van der Waals surface area contributed by atoms with Crippen molar-refractivity contribution in [3.8, 4) is 0 Å². The molecule has 0 spiro atoms. The molecule has 0 aliphatic rings. The van der Waals surface area contributed by atoms with Gasteiger partial charge in [-0.3, -0.25) is 0 Å². The van der Waals surface area contributed by atoms with Crippen LogP contribution in [0.3, 0.4) is 0 Å². The molecule has 1 rings (SSSR count). The summed E-state index contributed by atoms with van der Waals surface area (Å²) in [5, 5.41) is 0. The van der Waals surface area contributed by atoms with Gasteiger partial charge in [0.05, 0.1) is 7.11 Å². The second-order valence-corrected chi connectivity index (χ2v) is 3.37. The molecule has 1 atom stereocenters. The summed E-state index contributed by atoms with van der Waals surface area (Å²) in [6.45, 7) is 4.43. The number of nitrogens with two attached hydrogens (primary N) is 1. The number of hydrogen-bond acceptors (Lipinski definition) is 6. The number of carbonyl (C=O) groups is 1. The summed E-state index contributed by atoms with van der Waals surface area (Å²) in [5.74, 6) is 0.0537. The Kier molecular flexibility index (Phi) is 4.84. The maximum atomic E-state index is 11.3. The lowest BCUT2D eigenvalue weighted by molar-refractivity contribution is 0.0530. The van der Waals surface area contributed by atoms with Gasteiger partial charge in [0.1, 0.15) is 17.5 Å². The van der Waals surface area contributed by atoms with E-state index in [1.54, 1.807) is 0 Å². The van der Waals surface area contributed by atoms with Gasteiger partial charge in [-0.05, 0) is 13.3 Å². The fraction of sp³-hybridized carbons (Fsp3) is 0.545. The lowest BCUT2D eigenvalue weighted by atomic mass is 10.2. The maximum absolute atomic E-state index is 11.3. The Morgan fingerprint density at radius 2 is 2.24 bits per heavy atom. The Balaban J connectivity index is 2.98. The zero-order valence-electron chi connectivity index (χ0n) is 10.3. The number of esters is 1. The minimum absolute atomic E-state index is 0.111. The van der Waals surface area contributed by atoms with Crippen molar-refractivity contribution in [3.63, 3.8) is 0 Å². The van der Waals surface area contributed by atoms with E-state index >= 15 is 0 Å². The van der Waals surface area contributed by atoms with E-state index in [0.29, 0.717) is 12.4 Å². The van der Waals surface area contributed by atoms with Crippen molar-refractivity contribution >= 4 is 11.8 Å². The van der Waals surface area contributed by atoms with Gasteiger partial charge >= 0.3 is 5.97 Å². The van der Waals surface area contributed by atoms with Crippen LogP contribution in [-0.4, -0.2) is 29.7 Å². The number of methoxy groups -OCH3 is 1. The highest BCUT2D eigenvalue weighted by Crippen LogP contribution is 2.19. The zero-order valence-corrected chi connectivity index (χ0v) is 10.3. The highest BCUT2D eigenvalue weighted by atomic mass is 16.5. The molecule has 0 saturated heterocycles. The van der Waals surface area contributed by atoms with E-state index in [4.69, 9.17) is 10.5 Å². The molecule has 0 aliphatic heterocycles. The molecule has 0 amide bonds. The normalized spacial score (nSPS) is 12.2. The van der Waals surface area contributed by atoms with E-state index in [1.165, 1.54) is 13.3 Å². The minimum atomic E-state index is -0.543. The van der Waals surface area contributed by atoms with Crippen LogP contribution in [-0.2, 0) is 9.47 Å². The first-order valence-corrected chi connectivity index (χ1v) is 5.46. The van der Waals surface area contributed by atoms with E-state index in [9.17, 15) is 4.79 Å². The van der Waals surface area contributed by atoms with E-state index in [-0.39, 0.29) is 17.5 Å². The summed E-state index contributed by atoms with van der Waals surface area (Å²) >= 11 is 0. The monoisotopic (exact) mass is 239 g/mol. The molecule has 1 unspecified atom stereocenters. The Morgan fingerprint density at radius 3 is 2.71 bits per heavy atom. The largest absolute Gasteiger partial charge is 0.465 e. The first-order valence-electron chi connectivity index (χ1n) is 5.46. The lowest BCUT2D eigenvalue weighted by Gasteiger charge is -2.14. The topological polar surface area (TPSA) is 87.3 Å². The molecule has 94 valence electrons. The number of anilines is 1. The first-order chi connectivity index (χ1) is 8.13. The Bertz CT molecular complexity index is 396. The third-order valence-electron chi connectivity index (χ3n) is 2.27. The van der Waals surface area contributed by atoms with Crippen molar-refractivity contribution in [1.82, 2.24) is 9.97 Å². The van der Waals surface area contributed by atoms with E-state index in [0.717, 1.165) is 6.42 Å². The number of nitrogen functional groups attached to an aromatic ring is 1. The van der Waals surface area contributed by atoms with Crippen LogP contribution in [0.1, 0.15) is 42.6 Å². The van der Waals surface area contributed by atoms with Gasteiger partial charge in [-0.15, -0.1) is 0 Å². The highest BCUT2D eigenvalue weighted by Gasteiger charge is 2.17. The zero-order chi connectivity index (χ0) is 12.8. The molecule has 0 saturated carbocycles. The number of aromatic nitrogens is 2. The lowest BCUT2D eigenvalue weighted by Crippen LogP contribution is -2.13. The van der Waals surface area contributed by atoms with Gasteiger partial charge in [0.25, 0.3) is 0 Å². The predicted octanol–water partition coefficient (Wildman–Crippen LogP) is 1.33. The minimum Gasteiger partial charge on any atom is -0.465 e. The van der Waals surface area contributed by atoms with Crippen LogP contribution in [0, 0.1) is 0 Å². The maximum Gasteiger partial charge on any atom is 0.343 e. The SMILES string of the molecule is CCOC(CC)c1ncc(C(=O)OC)c(N)n1.